The molecular formula is C16H19F3N2O3. The van der Waals surface area contributed by atoms with E-state index in [1.807, 2.05) is 0 Å². The van der Waals surface area contributed by atoms with E-state index < -0.39 is 36.2 Å². The van der Waals surface area contributed by atoms with Gasteiger partial charge in [0.1, 0.15) is 12.1 Å². The molecule has 1 aliphatic rings. The fourth-order valence-corrected chi connectivity index (χ4v) is 2.88. The number of ether oxygens (including phenoxy) is 1. The number of rotatable bonds is 6. The van der Waals surface area contributed by atoms with Gasteiger partial charge in [-0.05, 0) is 18.4 Å². The Hall–Kier alpha value is -2.09. The number of nitrogens with one attached hydrogen (secondary N) is 1. The maximum absolute atomic E-state index is 13.1. The highest BCUT2D eigenvalue weighted by Crippen LogP contribution is 2.35. The molecule has 0 bridgehead atoms. The Kier molecular flexibility index (Phi) is 5.48. The molecule has 1 saturated carbocycles. The Balaban J connectivity index is 2.01. The molecule has 0 heterocycles. The van der Waals surface area contributed by atoms with Gasteiger partial charge in [-0.2, -0.15) is 13.2 Å². The maximum atomic E-state index is 13.1. The first-order valence-electron chi connectivity index (χ1n) is 7.59. The van der Waals surface area contributed by atoms with Gasteiger partial charge in [0.25, 0.3) is 0 Å². The van der Waals surface area contributed by atoms with Crippen LogP contribution >= 0.6 is 0 Å². The molecule has 0 aliphatic heterocycles. The van der Waals surface area contributed by atoms with Crippen molar-refractivity contribution in [1.82, 2.24) is 5.32 Å². The van der Waals surface area contributed by atoms with Crippen LogP contribution in [0.15, 0.2) is 30.3 Å². The first kappa shape index (κ1) is 18.3. The number of benzene rings is 1. The maximum Gasteiger partial charge on any atom is 0.418 e. The summed E-state index contributed by atoms with van der Waals surface area (Å²) in [6.45, 7) is -0.811. The molecule has 1 aromatic carbocycles. The van der Waals surface area contributed by atoms with Crippen molar-refractivity contribution < 1.29 is 27.5 Å². The lowest BCUT2D eigenvalue weighted by atomic mass is 9.97. The molecule has 1 aliphatic carbocycles. The number of primary amides is 1. The molecule has 1 unspecified atom stereocenters. The summed E-state index contributed by atoms with van der Waals surface area (Å²) < 4.78 is 44.2. The fraction of sp³-hybridized carbons (Fsp3) is 0.500. The predicted molar refractivity (Wildman–Crippen MR) is 79.7 cm³/mol. The number of amides is 2. The number of nitrogens with two attached hydrogens (primary N) is 1. The van der Waals surface area contributed by atoms with Crippen LogP contribution in [0.25, 0.3) is 0 Å². The van der Waals surface area contributed by atoms with Crippen LogP contribution in [0.4, 0.5) is 13.2 Å². The lowest BCUT2D eigenvalue weighted by molar-refractivity contribution is -0.223. The molecule has 1 atom stereocenters. The van der Waals surface area contributed by atoms with Crippen LogP contribution in [0.1, 0.15) is 37.4 Å². The molecule has 0 aromatic heterocycles. The van der Waals surface area contributed by atoms with Gasteiger partial charge in [0.15, 0.2) is 6.10 Å². The molecule has 5 nitrogen and oxygen atoms in total. The minimum atomic E-state index is -4.66. The van der Waals surface area contributed by atoms with Crippen molar-refractivity contribution in [3.8, 4) is 0 Å². The molecule has 1 fully saturated rings. The van der Waals surface area contributed by atoms with Crippen LogP contribution in [0, 0.1) is 0 Å². The van der Waals surface area contributed by atoms with Crippen LogP contribution in [0.3, 0.4) is 0 Å². The summed E-state index contributed by atoms with van der Waals surface area (Å²) in [6, 6.07) is 7.05. The monoisotopic (exact) mass is 344 g/mol. The Bertz CT molecular complexity index is 584. The van der Waals surface area contributed by atoms with Crippen LogP contribution < -0.4 is 11.1 Å². The van der Waals surface area contributed by atoms with E-state index >= 15 is 0 Å². The highest BCUT2D eigenvalue weighted by atomic mass is 19.4. The minimum absolute atomic E-state index is 0.0942. The summed E-state index contributed by atoms with van der Waals surface area (Å²) in [5.74, 6) is -1.47. The largest absolute Gasteiger partial charge is 0.418 e. The van der Waals surface area contributed by atoms with Gasteiger partial charge in [-0.15, -0.1) is 0 Å². The topological polar surface area (TPSA) is 81.4 Å². The Morgan fingerprint density at radius 2 is 1.79 bits per heavy atom. The summed E-state index contributed by atoms with van der Waals surface area (Å²) in [5.41, 5.74) is 4.05. The van der Waals surface area contributed by atoms with Gasteiger partial charge in [0.05, 0.1) is 0 Å². The highest BCUT2D eigenvalue weighted by molar-refractivity contribution is 5.91. The van der Waals surface area contributed by atoms with E-state index in [2.05, 4.69) is 5.32 Å². The Labute approximate surface area is 137 Å². The van der Waals surface area contributed by atoms with Crippen molar-refractivity contribution in [2.45, 2.75) is 43.5 Å². The van der Waals surface area contributed by atoms with Gasteiger partial charge in [-0.1, -0.05) is 43.2 Å². The minimum Gasteiger partial charge on any atom is -0.368 e. The second kappa shape index (κ2) is 7.21. The Morgan fingerprint density at radius 1 is 1.21 bits per heavy atom. The normalized spacial score (nSPS) is 18.1. The van der Waals surface area contributed by atoms with Crippen LogP contribution in [0.2, 0.25) is 0 Å². The average Bonchev–Trinajstić information content (AvgIpc) is 2.97. The van der Waals surface area contributed by atoms with E-state index in [9.17, 15) is 22.8 Å². The first-order valence-corrected chi connectivity index (χ1v) is 7.59. The zero-order valence-corrected chi connectivity index (χ0v) is 12.9. The van der Waals surface area contributed by atoms with Crippen molar-refractivity contribution in [2.75, 3.05) is 6.61 Å². The number of halogens is 3. The summed E-state index contributed by atoms with van der Waals surface area (Å²) >= 11 is 0. The molecule has 0 radical (unpaired) electrons. The van der Waals surface area contributed by atoms with Crippen molar-refractivity contribution in [3.63, 3.8) is 0 Å². The zero-order chi connectivity index (χ0) is 17.8. The molecule has 0 saturated heterocycles. The van der Waals surface area contributed by atoms with Crippen molar-refractivity contribution in [1.29, 1.82) is 0 Å². The summed E-state index contributed by atoms with van der Waals surface area (Å²) in [5, 5.41) is 2.44. The molecule has 24 heavy (non-hydrogen) atoms. The van der Waals surface area contributed by atoms with Crippen molar-refractivity contribution in [2.24, 2.45) is 5.73 Å². The number of carbonyl (C=O) groups is 2. The van der Waals surface area contributed by atoms with E-state index in [1.54, 1.807) is 6.07 Å². The molecule has 132 valence electrons. The van der Waals surface area contributed by atoms with Crippen molar-refractivity contribution in [3.05, 3.63) is 35.9 Å². The van der Waals surface area contributed by atoms with E-state index in [4.69, 9.17) is 10.5 Å². The van der Waals surface area contributed by atoms with Crippen molar-refractivity contribution >= 4 is 11.8 Å². The molecule has 0 spiro atoms. The molecule has 3 N–H and O–H groups in total. The third-order valence-electron chi connectivity index (χ3n) is 4.09. The smallest absolute Gasteiger partial charge is 0.368 e. The van der Waals surface area contributed by atoms with Gasteiger partial charge in [0, 0.05) is 0 Å². The number of carbonyl (C=O) groups excluding carboxylic acids is 2. The van der Waals surface area contributed by atoms with Gasteiger partial charge in [-0.3, -0.25) is 9.59 Å². The van der Waals surface area contributed by atoms with E-state index in [1.165, 1.54) is 24.3 Å². The van der Waals surface area contributed by atoms with Crippen LogP contribution in [0.5, 0.6) is 0 Å². The Morgan fingerprint density at radius 3 is 2.29 bits per heavy atom. The molecule has 1 aromatic rings. The molecule has 2 amide bonds. The van der Waals surface area contributed by atoms with E-state index in [0.29, 0.717) is 12.8 Å². The summed E-state index contributed by atoms with van der Waals surface area (Å²) in [4.78, 5) is 23.5. The summed E-state index contributed by atoms with van der Waals surface area (Å²) in [6.07, 6.45) is -4.66. The zero-order valence-electron chi connectivity index (χ0n) is 12.9. The first-order chi connectivity index (χ1) is 11.2. The average molecular weight is 344 g/mol. The second-order valence-electron chi connectivity index (χ2n) is 5.84. The molecular weight excluding hydrogens is 325 g/mol. The van der Waals surface area contributed by atoms with Crippen LogP contribution in [-0.4, -0.2) is 30.1 Å². The lowest BCUT2D eigenvalue weighted by Crippen LogP contribution is -2.56. The van der Waals surface area contributed by atoms with Gasteiger partial charge in [-0.25, -0.2) is 0 Å². The van der Waals surface area contributed by atoms with Gasteiger partial charge < -0.3 is 15.8 Å². The highest BCUT2D eigenvalue weighted by Gasteiger charge is 2.44. The number of hydrogen-bond acceptors (Lipinski definition) is 3. The van der Waals surface area contributed by atoms with Crippen LogP contribution in [-0.2, 0) is 14.3 Å². The third-order valence-corrected chi connectivity index (χ3v) is 4.09. The summed E-state index contributed by atoms with van der Waals surface area (Å²) in [7, 11) is 0. The second-order valence-corrected chi connectivity index (χ2v) is 5.84. The lowest BCUT2D eigenvalue weighted by Gasteiger charge is -2.27. The SMILES string of the molecule is NC(=O)C1(NC(=O)COC(c2ccccc2)C(F)(F)F)CCCC1. The fourth-order valence-electron chi connectivity index (χ4n) is 2.88. The van der Waals surface area contributed by atoms with Gasteiger partial charge >= 0.3 is 6.18 Å². The van der Waals surface area contributed by atoms with E-state index in [-0.39, 0.29) is 5.56 Å². The number of alkyl halides is 3. The quantitative estimate of drug-likeness (QED) is 0.830. The van der Waals surface area contributed by atoms with E-state index in [0.717, 1.165) is 12.8 Å². The van der Waals surface area contributed by atoms with Gasteiger partial charge in [0.2, 0.25) is 11.8 Å². The third kappa shape index (κ3) is 4.25. The number of hydrogen-bond donors (Lipinski definition) is 2. The molecule has 8 heteroatoms. The molecule has 2 rings (SSSR count). The standard InChI is InChI=1S/C16H19F3N2O3/c17-16(18,19)13(11-6-2-1-3-7-11)24-10-12(22)21-15(14(20)23)8-4-5-9-15/h1-3,6-7,13H,4-5,8-10H2,(H2,20,23)(H,21,22). The predicted octanol–water partition coefficient (Wildman–Crippen LogP) is 2.22.